The highest BCUT2D eigenvalue weighted by Gasteiger charge is 2.39. The molecule has 0 bridgehead atoms. The van der Waals surface area contributed by atoms with Gasteiger partial charge in [-0.25, -0.2) is 0 Å². The van der Waals surface area contributed by atoms with E-state index in [1.54, 1.807) is 0 Å². The van der Waals surface area contributed by atoms with Crippen LogP contribution in [0.4, 0.5) is 58.4 Å². The number of rotatable bonds is 9. The third-order valence-corrected chi connectivity index (χ3v) is 13.3. The zero-order valence-electron chi connectivity index (χ0n) is 39.8. The van der Waals surface area contributed by atoms with Gasteiger partial charge in [0.15, 0.2) is 6.29 Å². The Bertz CT molecular complexity index is 3660. The maximum absolute atomic E-state index is 15.9. The maximum Gasteiger partial charge on any atom is 0.416 e. The van der Waals surface area contributed by atoms with Crippen molar-refractivity contribution in [2.24, 2.45) is 0 Å². The summed E-state index contributed by atoms with van der Waals surface area (Å²) in [5.74, 6) is -0.799. The van der Waals surface area contributed by atoms with Crippen molar-refractivity contribution in [1.82, 2.24) is 4.57 Å². The van der Waals surface area contributed by atoms with Crippen LogP contribution < -0.4 is 4.90 Å². The highest BCUT2D eigenvalue weighted by atomic mass is 19.4. The fraction of sp³-hybridized carbons (Fsp3) is 0.0820. The second-order valence-electron chi connectivity index (χ2n) is 18.1. The Balaban J connectivity index is 1.27. The predicted octanol–water partition coefficient (Wildman–Crippen LogP) is 18.3. The first kappa shape index (κ1) is 51.6. The van der Waals surface area contributed by atoms with E-state index in [4.69, 9.17) is 0 Å². The van der Waals surface area contributed by atoms with Crippen LogP contribution in [-0.2, 0) is 24.7 Å². The number of amides is 1. The number of carbonyl (C=O) groups excluding carboxylic acids is 2. The smallest absolute Gasteiger partial charge is 0.310 e. The van der Waals surface area contributed by atoms with Gasteiger partial charge in [-0.05, 0) is 111 Å². The van der Waals surface area contributed by atoms with Crippen molar-refractivity contribution in [2.75, 3.05) is 11.9 Å². The van der Waals surface area contributed by atoms with Gasteiger partial charge in [-0.1, -0.05) is 127 Å². The molecule has 0 saturated carbocycles. The molecule has 9 aromatic carbocycles. The number of carbonyl (C=O) groups is 2. The molecule has 0 saturated heterocycles. The number of nitrogens with zero attached hydrogens (tertiary/aromatic N) is 2. The Morgan fingerprint density at radius 3 is 1.16 bits per heavy atom. The molecule has 0 N–H and O–H groups in total. The average Bonchev–Trinajstić information content (AvgIpc) is 3.79. The van der Waals surface area contributed by atoms with E-state index < -0.39 is 64.0 Å². The van der Waals surface area contributed by atoms with E-state index in [0.717, 1.165) is 11.1 Å². The SMILES string of the molecule is CN(C(=O)c1c(C=O)cccc1-n1c2cc(-c3cc(C(F)(F)F)cc(C(F)(F)F)c3)ccc2c2ccc(-c3cc(C(F)(F)F)cc(C(F)(F)F)c3)cc21)c1c(-c2ccccc2)cc(-c2ccccc2)cc1-c1ccccc1. The van der Waals surface area contributed by atoms with Crippen molar-refractivity contribution in [3.05, 3.63) is 228 Å². The van der Waals surface area contributed by atoms with E-state index in [9.17, 15) is 57.5 Å². The summed E-state index contributed by atoms with van der Waals surface area (Å²) in [5, 5.41) is 0.492. The van der Waals surface area contributed by atoms with Gasteiger partial charge >= 0.3 is 24.7 Å². The van der Waals surface area contributed by atoms with Crippen LogP contribution >= 0.6 is 0 Å². The lowest BCUT2D eigenvalue weighted by Gasteiger charge is -2.27. The van der Waals surface area contributed by atoms with Crippen molar-refractivity contribution in [2.45, 2.75) is 24.7 Å². The van der Waals surface area contributed by atoms with Gasteiger partial charge in [-0.2, -0.15) is 52.7 Å². The number of aromatic nitrogens is 1. The van der Waals surface area contributed by atoms with Crippen molar-refractivity contribution in [3.63, 3.8) is 0 Å². The minimum Gasteiger partial charge on any atom is -0.310 e. The molecule has 0 aliphatic heterocycles. The zero-order chi connectivity index (χ0) is 54.8. The van der Waals surface area contributed by atoms with Crippen molar-refractivity contribution < 1.29 is 62.3 Å². The number of anilines is 1. The molecule has 4 nitrogen and oxygen atoms in total. The maximum atomic E-state index is 15.9. The van der Waals surface area contributed by atoms with Crippen LogP contribution in [0, 0.1) is 0 Å². The van der Waals surface area contributed by atoms with Crippen LogP contribution in [0.3, 0.4) is 0 Å². The molecule has 0 aliphatic carbocycles. The molecule has 10 aromatic rings. The highest BCUT2D eigenvalue weighted by molar-refractivity contribution is 6.18. The molecule has 0 fully saturated rings. The number of aldehydes is 1. The summed E-state index contributed by atoms with van der Waals surface area (Å²) in [6.07, 6.45) is -20.5. The van der Waals surface area contributed by atoms with E-state index in [0.29, 0.717) is 58.5 Å². The first-order valence-electron chi connectivity index (χ1n) is 23.4. The minimum atomic E-state index is -5.22. The minimum absolute atomic E-state index is 0.0163. The Labute approximate surface area is 430 Å². The lowest BCUT2D eigenvalue weighted by atomic mass is 9.90. The third-order valence-electron chi connectivity index (χ3n) is 13.3. The normalized spacial score (nSPS) is 12.3. The molecule has 10 rings (SSSR count). The first-order valence-corrected chi connectivity index (χ1v) is 23.4. The number of fused-ring (bicyclic) bond motifs is 3. The molecule has 0 aliphatic rings. The van der Waals surface area contributed by atoms with Crippen LogP contribution in [0.1, 0.15) is 43.0 Å². The summed E-state index contributed by atoms with van der Waals surface area (Å²) in [5.41, 5.74) is -3.81. The molecular weight excluding hydrogens is 1020 g/mol. The molecule has 1 aromatic heterocycles. The molecule has 386 valence electrons. The van der Waals surface area contributed by atoms with E-state index in [1.807, 2.05) is 103 Å². The monoisotopic (exact) mass is 1060 g/mol. The summed E-state index contributed by atoms with van der Waals surface area (Å²) >= 11 is 0. The van der Waals surface area contributed by atoms with Crippen LogP contribution in [-0.4, -0.2) is 23.8 Å². The number of hydrogen-bond donors (Lipinski definition) is 0. The fourth-order valence-corrected chi connectivity index (χ4v) is 9.69. The molecule has 0 radical (unpaired) electrons. The standard InChI is InChI=1S/C61H36F12N2O2/c1-74(56-50(36-14-7-3-8-15-36)28-43(35-12-5-2-6-13-35)29-51(56)37-16-9-4-10-17-37)57(77)55-40(34-76)18-11-19-52(55)75-53-30-38(41-24-44(58(62,63)64)32-45(25-41)59(65,66)67)20-22-48(53)49-23-21-39(31-54(49)75)42-26-46(60(68,69)70)33-47(27-42)61(71,72)73/h2-34H,1H3. The number of alkyl halides is 12. The van der Waals surface area contributed by atoms with Gasteiger partial charge in [-0.3, -0.25) is 9.59 Å². The third kappa shape index (κ3) is 9.94. The second-order valence-corrected chi connectivity index (χ2v) is 18.1. The molecule has 16 heteroatoms. The summed E-state index contributed by atoms with van der Waals surface area (Å²) < 4.78 is 172. The average molecular weight is 1060 g/mol. The molecule has 0 unspecified atom stereocenters. The van der Waals surface area contributed by atoms with Gasteiger partial charge in [0.2, 0.25) is 0 Å². The first-order chi connectivity index (χ1) is 36.5. The number of halogens is 12. The summed E-state index contributed by atoms with van der Waals surface area (Å²) in [4.78, 5) is 30.5. The Kier molecular flexibility index (Phi) is 12.9. The van der Waals surface area contributed by atoms with Crippen molar-refractivity contribution >= 4 is 39.7 Å². The molecule has 1 heterocycles. The predicted molar refractivity (Wildman–Crippen MR) is 273 cm³/mol. The number of benzene rings is 9. The van der Waals surface area contributed by atoms with E-state index in [-0.39, 0.29) is 61.9 Å². The van der Waals surface area contributed by atoms with Gasteiger partial charge in [0.05, 0.1) is 50.2 Å². The lowest BCUT2D eigenvalue weighted by molar-refractivity contribution is -0.144. The Morgan fingerprint density at radius 2 is 0.779 bits per heavy atom. The Morgan fingerprint density at radius 1 is 0.403 bits per heavy atom. The molecule has 0 spiro atoms. The van der Waals surface area contributed by atoms with Crippen molar-refractivity contribution in [1.29, 1.82) is 0 Å². The van der Waals surface area contributed by atoms with E-state index >= 15 is 4.79 Å². The van der Waals surface area contributed by atoms with E-state index in [2.05, 4.69) is 0 Å². The molecule has 1 amide bonds. The second kappa shape index (κ2) is 19.3. The zero-order valence-corrected chi connectivity index (χ0v) is 39.8. The largest absolute Gasteiger partial charge is 0.416 e. The highest BCUT2D eigenvalue weighted by Crippen LogP contribution is 2.47. The van der Waals surface area contributed by atoms with Crippen LogP contribution in [0.5, 0.6) is 0 Å². The van der Waals surface area contributed by atoms with Gasteiger partial charge in [0.25, 0.3) is 5.91 Å². The molecule has 77 heavy (non-hydrogen) atoms. The quantitative estimate of drug-likeness (QED) is 0.107. The van der Waals surface area contributed by atoms with E-state index in [1.165, 1.54) is 71.1 Å². The lowest BCUT2D eigenvalue weighted by Crippen LogP contribution is -2.29. The van der Waals surface area contributed by atoms with Crippen LogP contribution in [0.2, 0.25) is 0 Å². The van der Waals surface area contributed by atoms with Gasteiger partial charge < -0.3 is 9.47 Å². The van der Waals surface area contributed by atoms with Gasteiger partial charge in [0, 0.05) is 34.5 Å². The fourth-order valence-electron chi connectivity index (χ4n) is 9.69. The van der Waals surface area contributed by atoms with Crippen LogP contribution in [0.25, 0.3) is 83.1 Å². The molecular formula is C61H36F12N2O2. The van der Waals surface area contributed by atoms with Gasteiger partial charge in [-0.15, -0.1) is 0 Å². The summed E-state index contributed by atoms with van der Waals surface area (Å²) in [6, 6.07) is 45.6. The topological polar surface area (TPSA) is 42.3 Å². The number of hydrogen-bond acceptors (Lipinski definition) is 2. The van der Waals surface area contributed by atoms with Gasteiger partial charge in [0.1, 0.15) is 0 Å². The van der Waals surface area contributed by atoms with Crippen LogP contribution in [0.15, 0.2) is 194 Å². The molecule has 0 atom stereocenters. The summed E-state index contributed by atoms with van der Waals surface area (Å²) in [6.45, 7) is 0. The summed E-state index contributed by atoms with van der Waals surface area (Å²) in [7, 11) is 1.49. The Hall–Kier alpha value is -8.92. The van der Waals surface area contributed by atoms with Crippen molar-refractivity contribution in [3.8, 4) is 61.3 Å².